The predicted molar refractivity (Wildman–Crippen MR) is 64.7 cm³/mol. The van der Waals surface area contributed by atoms with Gasteiger partial charge in [-0.25, -0.2) is 4.79 Å². The van der Waals surface area contributed by atoms with Crippen LogP contribution in [0.2, 0.25) is 0 Å². The van der Waals surface area contributed by atoms with Gasteiger partial charge in [0.1, 0.15) is 5.69 Å². The molecule has 1 N–H and O–H groups in total. The quantitative estimate of drug-likeness (QED) is 0.824. The molecule has 1 aromatic carbocycles. The van der Waals surface area contributed by atoms with Crippen molar-refractivity contribution in [1.29, 1.82) is 0 Å². The summed E-state index contributed by atoms with van der Waals surface area (Å²) in [4.78, 5) is 11.5. The van der Waals surface area contributed by atoms with Crippen molar-refractivity contribution in [3.8, 4) is 11.3 Å². The van der Waals surface area contributed by atoms with E-state index in [1.807, 2.05) is 31.2 Å². The van der Waals surface area contributed by atoms with Crippen LogP contribution in [0.25, 0.3) is 11.3 Å². The zero-order valence-electron chi connectivity index (χ0n) is 9.86. The highest BCUT2D eigenvalue weighted by molar-refractivity contribution is 5.88. The first kappa shape index (κ1) is 11.4. The lowest BCUT2D eigenvalue weighted by atomic mass is 10.1. The zero-order chi connectivity index (χ0) is 12.3. The van der Waals surface area contributed by atoms with Gasteiger partial charge in [0.2, 0.25) is 0 Å². The average Bonchev–Trinajstić information content (AvgIpc) is 2.79. The first-order valence-electron chi connectivity index (χ1n) is 5.51. The molecule has 88 valence electrons. The van der Waals surface area contributed by atoms with E-state index in [0.29, 0.717) is 12.3 Å². The maximum Gasteiger partial charge on any atom is 0.356 e. The van der Waals surface area contributed by atoms with Crippen LogP contribution in [-0.4, -0.2) is 22.8 Å². The largest absolute Gasteiger partial charge is 0.461 e. The molecule has 17 heavy (non-hydrogen) atoms. The van der Waals surface area contributed by atoms with E-state index in [4.69, 9.17) is 4.74 Å². The predicted octanol–water partition coefficient (Wildman–Crippen LogP) is 2.56. The number of rotatable bonds is 3. The molecule has 4 heteroatoms. The van der Waals surface area contributed by atoms with Crippen molar-refractivity contribution in [3.63, 3.8) is 0 Å². The molecule has 2 aromatic rings. The Hall–Kier alpha value is -2.10. The van der Waals surface area contributed by atoms with Crippen LogP contribution in [0.3, 0.4) is 0 Å². The molecule has 1 aromatic heterocycles. The summed E-state index contributed by atoms with van der Waals surface area (Å²) in [5.41, 5.74) is 3.27. The van der Waals surface area contributed by atoms with E-state index in [1.165, 1.54) is 0 Å². The number of hydrogen-bond acceptors (Lipinski definition) is 3. The number of ether oxygens (including phenoxy) is 1. The summed E-state index contributed by atoms with van der Waals surface area (Å²) in [5, 5.41) is 6.82. The van der Waals surface area contributed by atoms with Crippen LogP contribution in [0.1, 0.15) is 23.0 Å². The maximum absolute atomic E-state index is 11.5. The number of hydrogen-bond donors (Lipinski definition) is 1. The number of aryl methyl sites for hydroxylation is 1. The molecule has 0 saturated carbocycles. The third kappa shape index (κ3) is 2.36. The van der Waals surface area contributed by atoms with Gasteiger partial charge in [0.15, 0.2) is 0 Å². The van der Waals surface area contributed by atoms with Crippen molar-refractivity contribution >= 4 is 5.97 Å². The number of carbonyl (C=O) groups is 1. The average molecular weight is 230 g/mol. The van der Waals surface area contributed by atoms with Crippen molar-refractivity contribution in [2.24, 2.45) is 0 Å². The van der Waals surface area contributed by atoms with E-state index in [-0.39, 0.29) is 5.97 Å². The van der Waals surface area contributed by atoms with Crippen molar-refractivity contribution in [3.05, 3.63) is 41.6 Å². The normalized spacial score (nSPS) is 10.2. The van der Waals surface area contributed by atoms with Gasteiger partial charge in [-0.1, -0.05) is 24.3 Å². The molecule has 0 radical (unpaired) electrons. The molecule has 1 heterocycles. The lowest BCUT2D eigenvalue weighted by Crippen LogP contribution is -2.04. The van der Waals surface area contributed by atoms with Crippen LogP contribution in [0.15, 0.2) is 30.3 Å². The Labute approximate surface area is 99.6 Å². The standard InChI is InChI=1S/C13H14N2O2/c1-3-17-13(16)12-8-11(14-15-12)10-7-5-4-6-9(10)2/h4-8H,3H2,1-2H3,(H,14,15). The van der Waals surface area contributed by atoms with Crippen molar-refractivity contribution < 1.29 is 9.53 Å². The number of aromatic nitrogens is 2. The smallest absolute Gasteiger partial charge is 0.356 e. The zero-order valence-corrected chi connectivity index (χ0v) is 9.86. The lowest BCUT2D eigenvalue weighted by molar-refractivity contribution is 0.0519. The van der Waals surface area contributed by atoms with Gasteiger partial charge in [0.25, 0.3) is 0 Å². The van der Waals surface area contributed by atoms with E-state index >= 15 is 0 Å². The molecule has 0 spiro atoms. The molecular weight excluding hydrogens is 216 g/mol. The molecule has 0 aliphatic rings. The first-order chi connectivity index (χ1) is 8.22. The highest BCUT2D eigenvalue weighted by atomic mass is 16.5. The summed E-state index contributed by atoms with van der Waals surface area (Å²) in [5.74, 6) is -0.375. The van der Waals surface area contributed by atoms with Gasteiger partial charge in [-0.15, -0.1) is 0 Å². The van der Waals surface area contributed by atoms with Crippen LogP contribution >= 0.6 is 0 Å². The van der Waals surface area contributed by atoms with Gasteiger partial charge < -0.3 is 4.74 Å². The molecule has 2 rings (SSSR count). The van der Waals surface area contributed by atoms with Crippen molar-refractivity contribution in [2.45, 2.75) is 13.8 Å². The molecule has 0 bridgehead atoms. The SMILES string of the molecule is CCOC(=O)c1cc(-c2ccccc2C)n[nH]1. The molecule has 0 saturated heterocycles. The number of nitrogens with one attached hydrogen (secondary N) is 1. The van der Waals surface area contributed by atoms with Gasteiger partial charge in [-0.2, -0.15) is 5.10 Å². The van der Waals surface area contributed by atoms with E-state index in [2.05, 4.69) is 10.2 Å². The second-order valence-corrected chi connectivity index (χ2v) is 3.70. The minimum absolute atomic E-state index is 0.359. The van der Waals surface area contributed by atoms with Gasteiger partial charge in [0.05, 0.1) is 12.3 Å². The third-order valence-electron chi connectivity index (χ3n) is 2.49. The Morgan fingerprint density at radius 3 is 2.88 bits per heavy atom. The Morgan fingerprint density at radius 1 is 1.41 bits per heavy atom. The van der Waals surface area contributed by atoms with Gasteiger partial charge in [0, 0.05) is 5.56 Å². The Kier molecular flexibility index (Phi) is 3.23. The van der Waals surface area contributed by atoms with Gasteiger partial charge in [-0.05, 0) is 25.5 Å². The molecule has 0 aliphatic heterocycles. The van der Waals surface area contributed by atoms with Crippen molar-refractivity contribution in [2.75, 3.05) is 6.61 Å². The second-order valence-electron chi connectivity index (χ2n) is 3.70. The van der Waals surface area contributed by atoms with Gasteiger partial charge >= 0.3 is 5.97 Å². The molecule has 0 amide bonds. The van der Waals surface area contributed by atoms with E-state index in [1.54, 1.807) is 13.0 Å². The summed E-state index contributed by atoms with van der Waals surface area (Å²) >= 11 is 0. The van der Waals surface area contributed by atoms with Crippen LogP contribution in [0, 0.1) is 6.92 Å². The lowest BCUT2D eigenvalue weighted by Gasteiger charge is -2.00. The Morgan fingerprint density at radius 2 is 2.18 bits per heavy atom. The fraction of sp³-hybridized carbons (Fsp3) is 0.231. The molecular formula is C13H14N2O2. The number of nitrogens with zero attached hydrogens (tertiary/aromatic N) is 1. The Balaban J connectivity index is 2.30. The molecule has 0 atom stereocenters. The topological polar surface area (TPSA) is 55.0 Å². The number of H-pyrrole nitrogens is 1. The molecule has 0 unspecified atom stereocenters. The summed E-state index contributed by atoms with van der Waals surface area (Å²) in [6, 6.07) is 9.60. The molecule has 4 nitrogen and oxygen atoms in total. The van der Waals surface area contributed by atoms with Crippen LogP contribution < -0.4 is 0 Å². The summed E-state index contributed by atoms with van der Waals surface area (Å²) < 4.78 is 4.90. The van der Waals surface area contributed by atoms with E-state index in [9.17, 15) is 4.79 Å². The third-order valence-corrected chi connectivity index (χ3v) is 2.49. The fourth-order valence-electron chi connectivity index (χ4n) is 1.63. The number of carbonyl (C=O) groups excluding carboxylic acids is 1. The van der Waals surface area contributed by atoms with Crippen LogP contribution in [0.5, 0.6) is 0 Å². The van der Waals surface area contributed by atoms with Crippen LogP contribution in [0.4, 0.5) is 0 Å². The number of esters is 1. The maximum atomic E-state index is 11.5. The Bertz CT molecular complexity index is 532. The minimum atomic E-state index is -0.375. The number of aromatic amines is 1. The molecule has 0 fully saturated rings. The van der Waals surface area contributed by atoms with Gasteiger partial charge in [-0.3, -0.25) is 5.10 Å². The molecule has 0 aliphatic carbocycles. The second kappa shape index (κ2) is 4.82. The first-order valence-corrected chi connectivity index (χ1v) is 5.51. The number of benzene rings is 1. The van der Waals surface area contributed by atoms with Crippen molar-refractivity contribution in [1.82, 2.24) is 10.2 Å². The van der Waals surface area contributed by atoms with E-state index in [0.717, 1.165) is 16.8 Å². The highest BCUT2D eigenvalue weighted by Gasteiger charge is 2.12. The summed E-state index contributed by atoms with van der Waals surface area (Å²) in [6.07, 6.45) is 0. The minimum Gasteiger partial charge on any atom is -0.461 e. The monoisotopic (exact) mass is 230 g/mol. The summed E-state index contributed by atoms with van der Waals surface area (Å²) in [6.45, 7) is 4.14. The van der Waals surface area contributed by atoms with Crippen LogP contribution in [-0.2, 0) is 4.74 Å². The van der Waals surface area contributed by atoms with E-state index < -0.39 is 0 Å². The fourth-order valence-corrected chi connectivity index (χ4v) is 1.63. The summed E-state index contributed by atoms with van der Waals surface area (Å²) in [7, 11) is 0. The highest BCUT2D eigenvalue weighted by Crippen LogP contribution is 2.21.